The molecule has 0 amide bonds. The van der Waals surface area contributed by atoms with Gasteiger partial charge in [0, 0.05) is 46.6 Å². The number of allylic oxidation sites excluding steroid dienone is 16. The monoisotopic (exact) mass is 632 g/mol. The van der Waals surface area contributed by atoms with Crippen molar-refractivity contribution >= 4 is 28.4 Å². The molecule has 0 saturated heterocycles. The molecule has 4 nitrogen and oxygen atoms in total. The van der Waals surface area contributed by atoms with E-state index in [0.29, 0.717) is 11.6 Å². The Morgan fingerprint density at radius 3 is 2.57 bits per heavy atom. The summed E-state index contributed by atoms with van der Waals surface area (Å²) in [6.45, 7) is 4.60. The second kappa shape index (κ2) is 13.2. The molecule has 2 N–H and O–H groups in total. The fourth-order valence-corrected chi connectivity index (χ4v) is 7.15. The molecule has 49 heavy (non-hydrogen) atoms. The van der Waals surface area contributed by atoms with E-state index in [2.05, 4.69) is 114 Å². The number of para-hydroxylation sites is 1. The van der Waals surface area contributed by atoms with Crippen LogP contribution in [0.5, 0.6) is 0 Å². The number of nitrogens with zero attached hydrogens (tertiary/aromatic N) is 2. The van der Waals surface area contributed by atoms with Crippen LogP contribution < -0.4 is 5.32 Å². The van der Waals surface area contributed by atoms with Gasteiger partial charge in [0.1, 0.15) is 0 Å². The summed E-state index contributed by atoms with van der Waals surface area (Å²) in [5.41, 5.74) is 13.4. The Labute approximate surface area is 287 Å². The minimum atomic E-state index is 0.159. The highest BCUT2D eigenvalue weighted by Gasteiger charge is 2.27. The summed E-state index contributed by atoms with van der Waals surface area (Å²) < 4.78 is 0. The molecule has 2 aromatic carbocycles. The maximum Gasteiger partial charge on any atom is 0.0848 e. The van der Waals surface area contributed by atoms with Gasteiger partial charge in [-0.1, -0.05) is 116 Å². The van der Waals surface area contributed by atoms with Gasteiger partial charge >= 0.3 is 0 Å². The number of rotatable bonds is 6. The SMILES string of the molecule is C=C(/C=C(\C1=CC=CN/C1=C1/C=CC=CC1=N)c1ccc(-c2cccc3cccnc23)cc1)C1=CC=C(C2=CC=CC3C=CC=NC23)CC1. The van der Waals surface area contributed by atoms with Crippen LogP contribution in [0, 0.1) is 11.3 Å². The van der Waals surface area contributed by atoms with Crippen molar-refractivity contribution in [3.63, 3.8) is 0 Å². The normalized spacial score (nSPS) is 22.7. The van der Waals surface area contributed by atoms with E-state index in [1.54, 1.807) is 0 Å². The molecule has 3 heterocycles. The van der Waals surface area contributed by atoms with Crippen LogP contribution in [0.1, 0.15) is 18.4 Å². The Morgan fingerprint density at radius 2 is 1.71 bits per heavy atom. The van der Waals surface area contributed by atoms with Crippen molar-refractivity contribution in [1.29, 1.82) is 5.41 Å². The minimum absolute atomic E-state index is 0.159. The molecule has 3 aromatic rings. The smallest absolute Gasteiger partial charge is 0.0848 e. The molecule has 8 rings (SSSR count). The van der Waals surface area contributed by atoms with Crippen LogP contribution in [0.2, 0.25) is 0 Å². The highest BCUT2D eigenvalue weighted by molar-refractivity contribution is 6.11. The van der Waals surface area contributed by atoms with Gasteiger partial charge in [0.05, 0.1) is 23.0 Å². The van der Waals surface area contributed by atoms with Gasteiger partial charge < -0.3 is 10.7 Å². The van der Waals surface area contributed by atoms with Crippen molar-refractivity contribution in [2.24, 2.45) is 10.9 Å². The molecule has 5 aliphatic rings. The molecule has 0 spiro atoms. The highest BCUT2D eigenvalue weighted by atomic mass is 14.9. The lowest BCUT2D eigenvalue weighted by molar-refractivity contribution is 0.647. The summed E-state index contributed by atoms with van der Waals surface area (Å²) in [4.78, 5) is 9.50. The molecule has 0 bridgehead atoms. The molecular formula is C45H36N4. The van der Waals surface area contributed by atoms with Crippen LogP contribution in [0.15, 0.2) is 203 Å². The number of fused-ring (bicyclic) bond motifs is 2. The third-order valence-corrected chi connectivity index (χ3v) is 9.69. The Hall–Kier alpha value is -6.13. The van der Waals surface area contributed by atoms with Gasteiger partial charge in [-0.3, -0.25) is 9.98 Å². The molecule has 3 aliphatic carbocycles. The lowest BCUT2D eigenvalue weighted by Gasteiger charge is -2.29. The summed E-state index contributed by atoms with van der Waals surface area (Å²) in [7, 11) is 0. The second-order valence-electron chi connectivity index (χ2n) is 12.6. The fourth-order valence-electron chi connectivity index (χ4n) is 7.15. The molecule has 4 heteroatoms. The van der Waals surface area contributed by atoms with Gasteiger partial charge in [-0.05, 0) is 82.2 Å². The van der Waals surface area contributed by atoms with Crippen LogP contribution in [0.3, 0.4) is 0 Å². The van der Waals surface area contributed by atoms with Gasteiger partial charge in [0.15, 0.2) is 0 Å². The van der Waals surface area contributed by atoms with Crippen molar-refractivity contribution in [3.8, 4) is 11.1 Å². The molecule has 2 unspecified atom stereocenters. The van der Waals surface area contributed by atoms with E-state index < -0.39 is 0 Å². The van der Waals surface area contributed by atoms with E-state index in [-0.39, 0.29) is 6.04 Å². The zero-order chi connectivity index (χ0) is 33.2. The number of hydrogen-bond acceptors (Lipinski definition) is 4. The third kappa shape index (κ3) is 5.94. The lowest BCUT2D eigenvalue weighted by atomic mass is 9.80. The van der Waals surface area contributed by atoms with Gasteiger partial charge in [-0.25, -0.2) is 0 Å². The summed E-state index contributed by atoms with van der Waals surface area (Å²) in [6.07, 6.45) is 37.1. The van der Waals surface area contributed by atoms with E-state index in [0.717, 1.165) is 68.4 Å². The van der Waals surface area contributed by atoms with Crippen molar-refractivity contribution in [3.05, 3.63) is 203 Å². The molecule has 2 atom stereocenters. The topological polar surface area (TPSA) is 61.1 Å². The first-order chi connectivity index (χ1) is 24.1. The molecule has 2 aliphatic heterocycles. The van der Waals surface area contributed by atoms with E-state index in [1.165, 1.54) is 16.7 Å². The summed E-state index contributed by atoms with van der Waals surface area (Å²) >= 11 is 0. The summed E-state index contributed by atoms with van der Waals surface area (Å²) in [5.74, 6) is 0.325. The van der Waals surface area contributed by atoms with E-state index in [9.17, 15) is 0 Å². The van der Waals surface area contributed by atoms with Gasteiger partial charge in [0.25, 0.3) is 0 Å². The van der Waals surface area contributed by atoms with Crippen LogP contribution >= 0.6 is 0 Å². The van der Waals surface area contributed by atoms with Crippen molar-refractivity contribution < 1.29 is 0 Å². The predicted molar refractivity (Wildman–Crippen MR) is 205 cm³/mol. The molecule has 0 radical (unpaired) electrons. The average molecular weight is 633 g/mol. The van der Waals surface area contributed by atoms with E-state index >= 15 is 0 Å². The first kappa shape index (κ1) is 30.2. The van der Waals surface area contributed by atoms with Crippen LogP contribution in [-0.4, -0.2) is 23.0 Å². The molecule has 0 saturated carbocycles. The van der Waals surface area contributed by atoms with Crippen LogP contribution in [0.4, 0.5) is 0 Å². The zero-order valence-corrected chi connectivity index (χ0v) is 27.2. The number of aliphatic imine (C=N–C) groups is 1. The number of nitrogens with one attached hydrogen (secondary N) is 2. The number of hydrogen-bond donors (Lipinski definition) is 2. The van der Waals surface area contributed by atoms with Crippen molar-refractivity contribution in [2.45, 2.75) is 18.9 Å². The third-order valence-electron chi connectivity index (χ3n) is 9.69. The van der Waals surface area contributed by atoms with Crippen LogP contribution in [-0.2, 0) is 0 Å². The highest BCUT2D eigenvalue weighted by Crippen LogP contribution is 2.39. The maximum atomic E-state index is 8.70. The first-order valence-corrected chi connectivity index (χ1v) is 16.8. The van der Waals surface area contributed by atoms with Gasteiger partial charge in [-0.2, -0.15) is 0 Å². The number of benzene rings is 2. The van der Waals surface area contributed by atoms with Crippen molar-refractivity contribution in [1.82, 2.24) is 10.3 Å². The number of dihydropyridines is 2. The second-order valence-corrected chi connectivity index (χ2v) is 12.6. The van der Waals surface area contributed by atoms with Crippen molar-refractivity contribution in [2.75, 3.05) is 0 Å². The Morgan fingerprint density at radius 1 is 0.857 bits per heavy atom. The fraction of sp³-hybridized carbons (Fsp3) is 0.0889. The zero-order valence-electron chi connectivity index (χ0n) is 27.2. The Bertz CT molecular complexity index is 2260. The molecule has 1 aromatic heterocycles. The first-order valence-electron chi connectivity index (χ1n) is 16.8. The number of aromatic nitrogens is 1. The van der Waals surface area contributed by atoms with E-state index in [4.69, 9.17) is 10.4 Å². The largest absolute Gasteiger partial charge is 0.361 e. The summed E-state index contributed by atoms with van der Waals surface area (Å²) in [6, 6.07) is 19.3. The quantitative estimate of drug-likeness (QED) is 0.266. The van der Waals surface area contributed by atoms with Gasteiger partial charge in [-0.15, -0.1) is 0 Å². The Kier molecular flexibility index (Phi) is 8.12. The average Bonchev–Trinajstić information content (AvgIpc) is 3.17. The standard InChI is InChI=1S/C45H36N4/c1-30(31-18-20-32(21-19-31)37-14-4-9-35-11-6-26-47-43(35)37)29-41(39-16-8-28-49-45(39)40-13-2-3-17-42(40)46)34-24-22-33(23-25-34)38-15-5-10-36-12-7-27-48-44(36)38/h2-18,20,22-29,35,43,46,49H,1,19,21H2/b41-29-,45-40-,46-42?. The Balaban J connectivity index is 1.17. The van der Waals surface area contributed by atoms with Crippen LogP contribution in [0.25, 0.3) is 27.6 Å². The molecule has 0 fully saturated rings. The number of pyridine rings is 1. The minimum Gasteiger partial charge on any atom is -0.361 e. The molecular weight excluding hydrogens is 597 g/mol. The summed E-state index contributed by atoms with van der Waals surface area (Å²) in [5, 5.41) is 13.3. The van der Waals surface area contributed by atoms with Gasteiger partial charge in [0.2, 0.25) is 0 Å². The maximum absolute atomic E-state index is 8.70. The predicted octanol–water partition coefficient (Wildman–Crippen LogP) is 10.1. The lowest BCUT2D eigenvalue weighted by Crippen LogP contribution is -2.23. The van der Waals surface area contributed by atoms with E-state index in [1.807, 2.05) is 61.1 Å². The molecule has 236 valence electrons.